The molecule has 1 aromatic rings. The molecule has 4 heteroatoms. The summed E-state index contributed by atoms with van der Waals surface area (Å²) < 4.78 is 0. The lowest BCUT2D eigenvalue weighted by molar-refractivity contribution is 0.0694. The lowest BCUT2D eigenvalue weighted by Crippen LogP contribution is -2.16. The Morgan fingerprint density at radius 3 is 3.07 bits per heavy atom. The fourth-order valence-corrected chi connectivity index (χ4v) is 1.19. The lowest BCUT2D eigenvalue weighted by Gasteiger charge is -2.10. The molecule has 0 aromatic carbocycles. The highest BCUT2D eigenvalue weighted by Gasteiger charge is 2.15. The van der Waals surface area contributed by atoms with Gasteiger partial charge >= 0.3 is 5.97 Å². The predicted octanol–water partition coefficient (Wildman–Crippen LogP) is 1.36. The molecule has 0 aliphatic rings. The Morgan fingerprint density at radius 2 is 2.50 bits per heavy atom. The first-order valence-electron chi connectivity index (χ1n) is 4.21. The molecule has 0 saturated heterocycles. The van der Waals surface area contributed by atoms with Gasteiger partial charge in [0.25, 0.3) is 0 Å². The molecule has 3 N–H and O–H groups in total. The van der Waals surface area contributed by atoms with Crippen molar-refractivity contribution in [3.8, 4) is 0 Å². The number of nitrogens with two attached hydrogens (primary N) is 1. The summed E-state index contributed by atoms with van der Waals surface area (Å²) in [6.45, 7) is 3.55. The largest absolute Gasteiger partial charge is 0.478 e. The van der Waals surface area contributed by atoms with Gasteiger partial charge in [-0.2, -0.15) is 0 Å². The zero-order valence-electron chi connectivity index (χ0n) is 7.68. The highest BCUT2D eigenvalue weighted by Crippen LogP contribution is 2.16. The van der Waals surface area contributed by atoms with Crippen molar-refractivity contribution in [2.75, 3.05) is 0 Å². The average molecular weight is 192 g/mol. The Balaban J connectivity index is 3.06. The van der Waals surface area contributed by atoms with Crippen LogP contribution in [0.4, 0.5) is 0 Å². The van der Waals surface area contributed by atoms with E-state index in [0.717, 1.165) is 0 Å². The first kappa shape index (κ1) is 10.4. The molecular formula is C10H12N2O2. The minimum absolute atomic E-state index is 0.154. The monoisotopic (exact) mass is 192 g/mol. The lowest BCUT2D eigenvalue weighted by atomic mass is 10.1. The van der Waals surface area contributed by atoms with E-state index in [1.54, 1.807) is 12.1 Å². The van der Waals surface area contributed by atoms with Crippen LogP contribution in [0.1, 0.15) is 28.5 Å². The third kappa shape index (κ3) is 2.17. The minimum atomic E-state index is -1.01. The second kappa shape index (κ2) is 4.53. The van der Waals surface area contributed by atoms with Crippen LogP contribution in [0.2, 0.25) is 0 Å². The van der Waals surface area contributed by atoms with Gasteiger partial charge in [-0.3, -0.25) is 4.98 Å². The molecule has 4 nitrogen and oxygen atoms in total. The fourth-order valence-electron chi connectivity index (χ4n) is 1.19. The highest BCUT2D eigenvalue weighted by molar-refractivity contribution is 5.88. The number of aromatic nitrogens is 1. The zero-order valence-corrected chi connectivity index (χ0v) is 7.68. The number of carboxylic acid groups (broad SMARTS) is 1. The quantitative estimate of drug-likeness (QED) is 0.706. The number of hydrogen-bond acceptors (Lipinski definition) is 3. The third-order valence-electron chi connectivity index (χ3n) is 1.84. The summed E-state index contributed by atoms with van der Waals surface area (Å²) in [5.41, 5.74) is 6.30. The number of pyridine rings is 1. The Morgan fingerprint density at radius 1 is 1.79 bits per heavy atom. The van der Waals surface area contributed by atoms with Crippen LogP contribution >= 0.6 is 0 Å². The first-order valence-corrected chi connectivity index (χ1v) is 4.21. The van der Waals surface area contributed by atoms with Gasteiger partial charge in [0.05, 0.1) is 17.3 Å². The molecule has 0 bridgehead atoms. The number of aromatic carboxylic acids is 1. The van der Waals surface area contributed by atoms with Crippen LogP contribution in [-0.4, -0.2) is 16.1 Å². The summed E-state index contributed by atoms with van der Waals surface area (Å²) in [5, 5.41) is 8.86. The zero-order chi connectivity index (χ0) is 10.6. The van der Waals surface area contributed by atoms with Gasteiger partial charge in [-0.05, 0) is 18.6 Å². The highest BCUT2D eigenvalue weighted by atomic mass is 16.4. The molecule has 0 aliphatic heterocycles. The van der Waals surface area contributed by atoms with Crippen molar-refractivity contribution >= 4 is 5.97 Å². The van der Waals surface area contributed by atoms with Gasteiger partial charge in [0.1, 0.15) is 0 Å². The fraction of sp³-hybridized carbons (Fsp3) is 0.200. The van der Waals surface area contributed by atoms with Crippen molar-refractivity contribution in [1.82, 2.24) is 4.98 Å². The van der Waals surface area contributed by atoms with Crippen molar-refractivity contribution in [3.05, 3.63) is 42.2 Å². The second-order valence-corrected chi connectivity index (χ2v) is 2.87. The van der Waals surface area contributed by atoms with Crippen LogP contribution in [0, 0.1) is 0 Å². The van der Waals surface area contributed by atoms with E-state index in [4.69, 9.17) is 10.8 Å². The molecule has 0 fully saturated rings. The van der Waals surface area contributed by atoms with Crippen LogP contribution in [0.25, 0.3) is 0 Å². The predicted molar refractivity (Wildman–Crippen MR) is 52.9 cm³/mol. The van der Waals surface area contributed by atoms with E-state index in [2.05, 4.69) is 11.6 Å². The molecule has 1 aromatic heterocycles. The molecule has 1 atom stereocenters. The maximum atomic E-state index is 10.8. The topological polar surface area (TPSA) is 76.2 Å². The van der Waals surface area contributed by atoms with E-state index < -0.39 is 12.0 Å². The number of nitrogens with zero attached hydrogens (tertiary/aromatic N) is 1. The molecular weight excluding hydrogens is 180 g/mol. The molecule has 0 saturated carbocycles. The van der Waals surface area contributed by atoms with Crippen LogP contribution < -0.4 is 5.73 Å². The van der Waals surface area contributed by atoms with Crippen molar-refractivity contribution in [2.45, 2.75) is 12.5 Å². The molecule has 0 unspecified atom stereocenters. The van der Waals surface area contributed by atoms with Crippen molar-refractivity contribution in [2.24, 2.45) is 5.73 Å². The smallest absolute Gasteiger partial charge is 0.337 e. The molecule has 0 amide bonds. The number of carboxylic acids is 1. The van der Waals surface area contributed by atoms with Gasteiger partial charge in [0.2, 0.25) is 0 Å². The Labute approximate surface area is 82.1 Å². The van der Waals surface area contributed by atoms with Crippen LogP contribution in [0.3, 0.4) is 0 Å². The summed E-state index contributed by atoms with van der Waals surface area (Å²) in [5.74, 6) is -1.01. The molecule has 14 heavy (non-hydrogen) atoms. The second-order valence-electron chi connectivity index (χ2n) is 2.87. The van der Waals surface area contributed by atoms with Gasteiger partial charge in [0, 0.05) is 6.20 Å². The summed E-state index contributed by atoms with van der Waals surface area (Å²) in [6.07, 6.45) is 3.69. The molecule has 0 aliphatic carbocycles. The number of rotatable bonds is 4. The normalized spacial score (nSPS) is 12.1. The molecule has 74 valence electrons. The number of carbonyl (C=O) groups is 1. The summed E-state index contributed by atoms with van der Waals surface area (Å²) >= 11 is 0. The van der Waals surface area contributed by atoms with E-state index in [0.29, 0.717) is 12.1 Å². The summed E-state index contributed by atoms with van der Waals surface area (Å²) in [7, 11) is 0. The Kier molecular flexibility index (Phi) is 3.36. The summed E-state index contributed by atoms with van der Waals surface area (Å²) in [4.78, 5) is 14.8. The van der Waals surface area contributed by atoms with Gasteiger partial charge in [-0.15, -0.1) is 6.58 Å². The van der Waals surface area contributed by atoms with Crippen LogP contribution in [0.15, 0.2) is 31.0 Å². The van der Waals surface area contributed by atoms with E-state index >= 15 is 0 Å². The minimum Gasteiger partial charge on any atom is -0.478 e. The van der Waals surface area contributed by atoms with E-state index in [1.807, 2.05) is 0 Å². The Hall–Kier alpha value is -1.68. The van der Waals surface area contributed by atoms with Gasteiger partial charge in [-0.1, -0.05) is 6.08 Å². The average Bonchev–Trinajstić information content (AvgIpc) is 2.18. The van der Waals surface area contributed by atoms with Crippen LogP contribution in [-0.2, 0) is 0 Å². The number of hydrogen-bond donors (Lipinski definition) is 2. The molecule has 0 radical (unpaired) electrons. The van der Waals surface area contributed by atoms with E-state index in [9.17, 15) is 4.79 Å². The Bertz CT molecular complexity index is 350. The van der Waals surface area contributed by atoms with Crippen molar-refractivity contribution in [3.63, 3.8) is 0 Å². The van der Waals surface area contributed by atoms with Crippen LogP contribution in [0.5, 0.6) is 0 Å². The van der Waals surface area contributed by atoms with Crippen molar-refractivity contribution < 1.29 is 9.90 Å². The standard InChI is InChI=1S/C10H12N2O2/c1-2-4-8(11)9-7(10(13)14)5-3-6-12-9/h2-3,5-6,8H,1,4,11H2,(H,13,14)/t8-/m1/s1. The maximum absolute atomic E-state index is 10.8. The molecule has 0 spiro atoms. The van der Waals surface area contributed by atoms with E-state index in [1.165, 1.54) is 12.3 Å². The third-order valence-corrected chi connectivity index (χ3v) is 1.84. The summed E-state index contributed by atoms with van der Waals surface area (Å²) in [6, 6.07) is 2.67. The molecule has 1 rings (SSSR count). The van der Waals surface area contributed by atoms with E-state index in [-0.39, 0.29) is 5.56 Å². The SMILES string of the molecule is C=CC[C@@H](N)c1ncccc1C(=O)O. The molecule has 1 heterocycles. The first-order chi connectivity index (χ1) is 6.66. The van der Waals surface area contributed by atoms with Gasteiger partial charge in [-0.25, -0.2) is 4.79 Å². The van der Waals surface area contributed by atoms with Crippen molar-refractivity contribution in [1.29, 1.82) is 0 Å². The van der Waals surface area contributed by atoms with Gasteiger partial charge < -0.3 is 10.8 Å². The van der Waals surface area contributed by atoms with Gasteiger partial charge in [0.15, 0.2) is 0 Å². The maximum Gasteiger partial charge on any atom is 0.337 e.